The summed E-state index contributed by atoms with van der Waals surface area (Å²) in [6, 6.07) is 41.6. The maximum atomic E-state index is 3.06. The Morgan fingerprint density at radius 1 is 0.696 bits per heavy atom. The van der Waals surface area contributed by atoms with Gasteiger partial charge in [0.1, 0.15) is 0 Å². The molecule has 4 saturated carbocycles. The molecule has 4 fully saturated rings. The Morgan fingerprint density at radius 3 is 1.64 bits per heavy atom. The molecule has 1 unspecified atom stereocenters. The maximum absolute atomic E-state index is 3.06. The van der Waals surface area contributed by atoms with Crippen LogP contribution < -0.4 is 0 Å². The molecule has 298 valence electrons. The van der Waals surface area contributed by atoms with Gasteiger partial charge in [0, 0.05) is 0 Å². The van der Waals surface area contributed by atoms with Crippen LogP contribution in [0, 0.1) is 39.5 Å². The minimum atomic E-state index is 0. The fourth-order valence-corrected chi connectivity index (χ4v) is 10.6. The van der Waals surface area contributed by atoms with Crippen LogP contribution in [0.1, 0.15) is 114 Å². The molecule has 0 N–H and O–H groups in total. The summed E-state index contributed by atoms with van der Waals surface area (Å²) in [6.45, 7) is 16.7. The Hall–Kier alpha value is -2.22. The molecule has 0 saturated heterocycles. The summed E-state index contributed by atoms with van der Waals surface area (Å²) >= 11 is 1.36. The van der Waals surface area contributed by atoms with E-state index in [4.69, 9.17) is 0 Å². The van der Waals surface area contributed by atoms with E-state index in [2.05, 4.69) is 158 Å². The Balaban J connectivity index is 0.000000270. The number of hydrogen-bond donors (Lipinski definition) is 0. The van der Waals surface area contributed by atoms with Crippen LogP contribution in [0.25, 0.3) is 43.8 Å². The molecule has 1 atom stereocenters. The van der Waals surface area contributed by atoms with Gasteiger partial charge in [-0.25, -0.2) is 0 Å². The zero-order chi connectivity index (χ0) is 36.6. The molecule has 4 heteroatoms. The third-order valence-electron chi connectivity index (χ3n) is 12.9. The van der Waals surface area contributed by atoms with Gasteiger partial charge in [0.05, 0.1) is 0 Å². The van der Waals surface area contributed by atoms with Gasteiger partial charge in [0.25, 0.3) is 0 Å². The topological polar surface area (TPSA) is 0 Å². The van der Waals surface area contributed by atoms with Crippen LogP contribution in [0.5, 0.6) is 0 Å². The Morgan fingerprint density at radius 2 is 1.16 bits per heavy atom. The van der Waals surface area contributed by atoms with E-state index < -0.39 is 0 Å². The van der Waals surface area contributed by atoms with Gasteiger partial charge < -0.3 is 14.9 Å². The normalized spacial score (nSPS) is 20.8. The van der Waals surface area contributed by atoms with E-state index in [1.54, 1.807) is 5.56 Å². The number of hydrogen-bond acceptors (Lipinski definition) is 0. The molecule has 0 aromatic heterocycles. The molecule has 4 aliphatic carbocycles. The summed E-state index contributed by atoms with van der Waals surface area (Å²) < 4.78 is 0. The predicted molar refractivity (Wildman–Crippen MR) is 250 cm³/mol. The summed E-state index contributed by atoms with van der Waals surface area (Å²) in [4.78, 5) is 0. The molecule has 2 radical (unpaired) electrons. The first-order valence-electron chi connectivity index (χ1n) is 19.9. The molecular weight excluding hydrogens is 815 g/mol. The summed E-state index contributed by atoms with van der Waals surface area (Å²) in [5.74, 6) is 3.68. The summed E-state index contributed by atoms with van der Waals surface area (Å²) in [7, 11) is 0. The van der Waals surface area contributed by atoms with Gasteiger partial charge in [-0.1, -0.05) is 120 Å². The molecule has 6 aromatic carbocycles. The second kappa shape index (κ2) is 20.2. The summed E-state index contributed by atoms with van der Waals surface area (Å²) in [5.41, 5.74) is 12.0. The van der Waals surface area contributed by atoms with E-state index in [1.807, 2.05) is 0 Å². The first kappa shape index (κ1) is 48.2. The molecule has 0 nitrogen and oxygen atoms in total. The van der Waals surface area contributed by atoms with Gasteiger partial charge in [-0.3, -0.25) is 0 Å². The number of aryl methyl sites for hydroxylation is 1. The van der Waals surface area contributed by atoms with Crippen LogP contribution in [-0.2, 0) is 34.2 Å². The van der Waals surface area contributed by atoms with Crippen LogP contribution in [0.3, 0.4) is 0 Å². The number of benzene rings is 4. The Kier molecular flexibility index (Phi) is 17.3. The van der Waals surface area contributed by atoms with Crippen LogP contribution in [0.15, 0.2) is 109 Å². The quantitative estimate of drug-likeness (QED) is 0.116. The van der Waals surface area contributed by atoms with Gasteiger partial charge in [0.15, 0.2) is 0 Å². The van der Waals surface area contributed by atoms with E-state index in [0.717, 1.165) is 17.8 Å². The SMILES string of the molecule is CCCC(C)c1cc2c(-c3ccc(C(C)(C)C)cc3)cccc2[cH-]1.Cc1cc2c(-c3ccc(C45CC6CC(CC(C6)C4)C5)cc3)cccc2[cH-]1.Cl.Cl.[CH3-].[CH3-].[Si]=[Zr]. The van der Waals surface area contributed by atoms with Crippen molar-refractivity contribution in [1.82, 2.24) is 0 Å². The fourth-order valence-electron chi connectivity index (χ4n) is 10.6. The van der Waals surface area contributed by atoms with E-state index in [-0.39, 0.29) is 45.1 Å². The van der Waals surface area contributed by atoms with Gasteiger partial charge in [0.2, 0.25) is 0 Å². The van der Waals surface area contributed by atoms with E-state index in [0.29, 0.717) is 11.3 Å². The number of halogens is 2. The van der Waals surface area contributed by atoms with Gasteiger partial charge in [-0.2, -0.15) is 12.1 Å². The number of fused-ring (bicyclic) bond motifs is 2. The second-order valence-corrected chi connectivity index (χ2v) is 17.7. The van der Waals surface area contributed by atoms with Crippen LogP contribution >= 0.6 is 24.8 Å². The first-order chi connectivity index (χ1) is 25.1. The van der Waals surface area contributed by atoms with Crippen molar-refractivity contribution in [3.05, 3.63) is 146 Å². The monoisotopic (exact) mass is 876 g/mol. The average molecular weight is 879 g/mol. The molecular formula is C52H64Cl2SiZr-4. The third-order valence-corrected chi connectivity index (χ3v) is 12.9. The molecule has 0 spiro atoms. The predicted octanol–water partition coefficient (Wildman–Crippen LogP) is 15.8. The van der Waals surface area contributed by atoms with Gasteiger partial charge in [-0.15, -0.1) is 93.9 Å². The van der Waals surface area contributed by atoms with Crippen LogP contribution in [-0.4, -0.2) is 6.88 Å². The second-order valence-electron chi connectivity index (χ2n) is 17.7. The fraction of sp³-hybridized carbons (Fsp3) is 0.385. The van der Waals surface area contributed by atoms with Crippen LogP contribution in [0.4, 0.5) is 0 Å². The van der Waals surface area contributed by atoms with Crippen molar-refractivity contribution < 1.29 is 23.3 Å². The summed E-state index contributed by atoms with van der Waals surface area (Å²) in [5, 5.41) is 5.52. The van der Waals surface area contributed by atoms with Crippen LogP contribution in [0.2, 0.25) is 0 Å². The zero-order valence-electron chi connectivity index (χ0n) is 35.2. The van der Waals surface area contributed by atoms with Crippen molar-refractivity contribution in [1.29, 1.82) is 0 Å². The van der Waals surface area contributed by atoms with Gasteiger partial charge in [-0.05, 0) is 102 Å². The molecule has 56 heavy (non-hydrogen) atoms. The molecule has 0 amide bonds. The summed E-state index contributed by atoms with van der Waals surface area (Å²) in [6.07, 6.45) is 11.4. The molecule has 6 aromatic rings. The Labute approximate surface area is 369 Å². The molecule has 10 rings (SSSR count). The van der Waals surface area contributed by atoms with Crippen molar-refractivity contribution in [2.75, 3.05) is 0 Å². The van der Waals surface area contributed by atoms with Crippen molar-refractivity contribution >= 4 is 53.2 Å². The number of rotatable bonds is 6. The molecule has 0 heterocycles. The van der Waals surface area contributed by atoms with Gasteiger partial charge >= 0.3 is 30.2 Å². The molecule has 0 aliphatic heterocycles. The standard InChI is InChI=1S/C26H27.C24H29.2CH3.2ClH.Si.Zr/c1-17-9-22-3-2-4-24(25(22)10-17)21-5-7-23(8-6-21)26-14-18-11-19(15-26)13-20(12-18)16-26;1-6-8-17(2)20-15-19-9-7-10-22(23(19)16-20)18-11-13-21(14-12-18)24(3,4)5;;;;;;/h2-10,18-20H,11-16H2,1H3;7,9-17H,6,8H2,1-5H3;2*1H3;2*1H;;/q4*-1;;;;. The zero-order valence-corrected chi connectivity index (χ0v) is 40.3. The van der Waals surface area contributed by atoms with Crippen molar-refractivity contribution in [3.63, 3.8) is 0 Å². The van der Waals surface area contributed by atoms with Crippen molar-refractivity contribution in [2.24, 2.45) is 17.8 Å². The van der Waals surface area contributed by atoms with Crippen molar-refractivity contribution in [2.45, 2.75) is 110 Å². The molecule has 4 bridgehead atoms. The Bertz CT molecular complexity index is 2090. The van der Waals surface area contributed by atoms with Crippen molar-refractivity contribution in [3.8, 4) is 22.3 Å². The van der Waals surface area contributed by atoms with E-state index >= 15 is 0 Å². The average Bonchev–Trinajstić information content (AvgIpc) is 3.75. The minimum absolute atomic E-state index is 0. The molecule has 4 aliphatic rings. The van der Waals surface area contributed by atoms with E-state index in [9.17, 15) is 0 Å². The van der Waals surface area contributed by atoms with E-state index in [1.165, 1.54) is 135 Å². The third kappa shape index (κ3) is 9.96. The first-order valence-corrected chi connectivity index (χ1v) is 24.1.